The van der Waals surface area contributed by atoms with Gasteiger partial charge in [0, 0.05) is 19.2 Å². The van der Waals surface area contributed by atoms with Crippen LogP contribution in [0.5, 0.6) is 5.75 Å². The smallest absolute Gasteiger partial charge is 0.231 e. The van der Waals surface area contributed by atoms with Gasteiger partial charge in [-0.2, -0.15) is 0 Å². The molecule has 0 spiro atoms. The van der Waals surface area contributed by atoms with Gasteiger partial charge >= 0.3 is 0 Å². The number of phenolic OH excluding ortho intramolecular Hbond substituents is 1. The van der Waals surface area contributed by atoms with Gasteiger partial charge in [0.2, 0.25) is 5.91 Å². The van der Waals surface area contributed by atoms with Crippen LogP contribution in [0.4, 0.5) is 5.69 Å². The van der Waals surface area contributed by atoms with E-state index in [2.05, 4.69) is 5.32 Å². The van der Waals surface area contributed by atoms with E-state index in [1.807, 2.05) is 19.9 Å². The average Bonchev–Trinajstić information content (AvgIpc) is 2.44. The second kappa shape index (κ2) is 6.06. The van der Waals surface area contributed by atoms with E-state index < -0.39 is 0 Å². The lowest BCUT2D eigenvalue weighted by molar-refractivity contribution is -0.122. The molecule has 1 fully saturated rings. The molecule has 104 valence electrons. The molecule has 19 heavy (non-hydrogen) atoms. The van der Waals surface area contributed by atoms with E-state index in [0.717, 1.165) is 37.2 Å². The molecule has 2 rings (SSSR count). The van der Waals surface area contributed by atoms with Crippen molar-refractivity contribution in [2.75, 3.05) is 24.5 Å². The molecule has 0 saturated carbocycles. The van der Waals surface area contributed by atoms with Gasteiger partial charge in [-0.3, -0.25) is 4.79 Å². The van der Waals surface area contributed by atoms with Gasteiger partial charge in [0.05, 0.1) is 11.6 Å². The molecule has 0 unspecified atom stereocenters. The van der Waals surface area contributed by atoms with Crippen LogP contribution in [0.2, 0.25) is 0 Å². The highest BCUT2D eigenvalue weighted by molar-refractivity contribution is 5.96. The second-order valence-corrected chi connectivity index (χ2v) is 5.10. The minimum absolute atomic E-state index is 0.0513. The zero-order valence-corrected chi connectivity index (χ0v) is 11.6. The van der Waals surface area contributed by atoms with E-state index in [9.17, 15) is 9.90 Å². The van der Waals surface area contributed by atoms with Crippen LogP contribution in [-0.2, 0) is 4.79 Å². The summed E-state index contributed by atoms with van der Waals surface area (Å²) >= 11 is 0. The SMILES string of the molecule is CCN(C(=O)[C@H]1CCCNC1)c1cc(O)ccc1C. The predicted octanol–water partition coefficient (Wildman–Crippen LogP) is 2.05. The van der Waals surface area contributed by atoms with Gasteiger partial charge in [0.25, 0.3) is 0 Å². The zero-order chi connectivity index (χ0) is 13.8. The number of piperidine rings is 1. The highest BCUT2D eigenvalue weighted by Gasteiger charge is 2.26. The molecule has 1 heterocycles. The highest BCUT2D eigenvalue weighted by atomic mass is 16.3. The number of nitrogens with one attached hydrogen (secondary N) is 1. The summed E-state index contributed by atoms with van der Waals surface area (Å²) in [5.74, 6) is 0.410. The number of rotatable bonds is 3. The Morgan fingerprint density at radius 1 is 1.53 bits per heavy atom. The van der Waals surface area contributed by atoms with Gasteiger partial charge in [0.15, 0.2) is 0 Å². The van der Waals surface area contributed by atoms with Crippen LogP contribution >= 0.6 is 0 Å². The Labute approximate surface area is 114 Å². The summed E-state index contributed by atoms with van der Waals surface area (Å²) in [7, 11) is 0. The third-order valence-electron chi connectivity index (χ3n) is 3.71. The van der Waals surface area contributed by atoms with Crippen molar-refractivity contribution in [3.05, 3.63) is 23.8 Å². The van der Waals surface area contributed by atoms with E-state index in [1.54, 1.807) is 17.0 Å². The van der Waals surface area contributed by atoms with E-state index in [0.29, 0.717) is 6.54 Å². The summed E-state index contributed by atoms with van der Waals surface area (Å²) in [5.41, 5.74) is 1.83. The number of carbonyl (C=O) groups excluding carboxylic acids is 1. The fraction of sp³-hybridized carbons (Fsp3) is 0.533. The monoisotopic (exact) mass is 262 g/mol. The molecular weight excluding hydrogens is 240 g/mol. The van der Waals surface area contributed by atoms with Crippen LogP contribution in [0.1, 0.15) is 25.3 Å². The predicted molar refractivity (Wildman–Crippen MR) is 76.5 cm³/mol. The number of phenols is 1. The first-order valence-electron chi connectivity index (χ1n) is 6.95. The van der Waals surface area contributed by atoms with Crippen molar-refractivity contribution in [1.82, 2.24) is 5.32 Å². The third kappa shape index (κ3) is 3.07. The van der Waals surface area contributed by atoms with Crippen molar-refractivity contribution >= 4 is 11.6 Å². The first-order chi connectivity index (χ1) is 9.13. The first-order valence-corrected chi connectivity index (χ1v) is 6.95. The topological polar surface area (TPSA) is 52.6 Å². The van der Waals surface area contributed by atoms with Crippen LogP contribution in [0.25, 0.3) is 0 Å². The molecule has 1 aromatic carbocycles. The normalized spacial score (nSPS) is 19.2. The number of hydrogen-bond acceptors (Lipinski definition) is 3. The Hall–Kier alpha value is -1.55. The highest BCUT2D eigenvalue weighted by Crippen LogP contribution is 2.27. The lowest BCUT2D eigenvalue weighted by atomic mass is 9.97. The summed E-state index contributed by atoms with van der Waals surface area (Å²) < 4.78 is 0. The lowest BCUT2D eigenvalue weighted by Gasteiger charge is -2.30. The van der Waals surface area contributed by atoms with Gasteiger partial charge in [-0.1, -0.05) is 6.07 Å². The maximum atomic E-state index is 12.6. The number of amides is 1. The summed E-state index contributed by atoms with van der Waals surface area (Å²) in [6.07, 6.45) is 1.99. The van der Waals surface area contributed by atoms with Crippen molar-refractivity contribution in [3.63, 3.8) is 0 Å². The quantitative estimate of drug-likeness (QED) is 0.876. The lowest BCUT2D eigenvalue weighted by Crippen LogP contribution is -2.43. The van der Waals surface area contributed by atoms with Crippen LogP contribution in [0.15, 0.2) is 18.2 Å². The molecule has 1 aromatic rings. The van der Waals surface area contributed by atoms with E-state index in [1.165, 1.54) is 0 Å². The first kappa shape index (κ1) is 13.9. The number of nitrogens with zero attached hydrogens (tertiary/aromatic N) is 1. The molecule has 1 aliphatic heterocycles. The number of hydrogen-bond donors (Lipinski definition) is 2. The molecule has 0 aliphatic carbocycles. The van der Waals surface area contributed by atoms with E-state index in [4.69, 9.17) is 0 Å². The van der Waals surface area contributed by atoms with Gasteiger partial charge in [-0.25, -0.2) is 0 Å². The van der Waals surface area contributed by atoms with Crippen LogP contribution in [-0.4, -0.2) is 30.6 Å². The number of carbonyl (C=O) groups is 1. The van der Waals surface area contributed by atoms with Crippen molar-refractivity contribution < 1.29 is 9.90 Å². The molecule has 0 aromatic heterocycles. The Morgan fingerprint density at radius 3 is 2.95 bits per heavy atom. The van der Waals surface area contributed by atoms with Crippen LogP contribution < -0.4 is 10.2 Å². The summed E-state index contributed by atoms with van der Waals surface area (Å²) in [4.78, 5) is 14.4. The minimum atomic E-state index is 0.0513. The minimum Gasteiger partial charge on any atom is -0.508 e. The average molecular weight is 262 g/mol. The third-order valence-corrected chi connectivity index (χ3v) is 3.71. The molecule has 1 amide bonds. The Balaban J connectivity index is 2.23. The molecular formula is C15H22N2O2. The van der Waals surface area contributed by atoms with Gasteiger partial charge in [-0.05, 0) is 44.9 Å². The number of aryl methyl sites for hydroxylation is 1. The molecule has 1 saturated heterocycles. The van der Waals surface area contributed by atoms with Gasteiger partial charge < -0.3 is 15.3 Å². The Bertz CT molecular complexity index is 453. The zero-order valence-electron chi connectivity index (χ0n) is 11.6. The van der Waals surface area contributed by atoms with Crippen molar-refractivity contribution in [1.29, 1.82) is 0 Å². The van der Waals surface area contributed by atoms with Gasteiger partial charge in [0.1, 0.15) is 5.75 Å². The van der Waals surface area contributed by atoms with E-state index >= 15 is 0 Å². The fourth-order valence-electron chi connectivity index (χ4n) is 2.62. The molecule has 4 heteroatoms. The largest absolute Gasteiger partial charge is 0.508 e. The van der Waals surface area contributed by atoms with Crippen molar-refractivity contribution in [2.45, 2.75) is 26.7 Å². The van der Waals surface area contributed by atoms with E-state index in [-0.39, 0.29) is 17.6 Å². The van der Waals surface area contributed by atoms with Crippen molar-refractivity contribution in [2.24, 2.45) is 5.92 Å². The molecule has 4 nitrogen and oxygen atoms in total. The number of aromatic hydroxyl groups is 1. The molecule has 1 aliphatic rings. The van der Waals surface area contributed by atoms with Crippen molar-refractivity contribution in [3.8, 4) is 5.75 Å². The summed E-state index contributed by atoms with van der Waals surface area (Å²) in [5, 5.41) is 12.9. The maximum absolute atomic E-state index is 12.6. The Morgan fingerprint density at radius 2 is 2.32 bits per heavy atom. The number of anilines is 1. The number of benzene rings is 1. The molecule has 1 atom stereocenters. The summed E-state index contributed by atoms with van der Waals surface area (Å²) in [6, 6.07) is 5.17. The second-order valence-electron chi connectivity index (χ2n) is 5.10. The fourth-order valence-corrected chi connectivity index (χ4v) is 2.62. The standard InChI is InChI=1S/C15H22N2O2/c1-3-17(14-9-13(18)7-6-11(14)2)15(19)12-5-4-8-16-10-12/h6-7,9,12,16,18H,3-5,8,10H2,1-2H3/t12-/m0/s1. The molecule has 0 bridgehead atoms. The molecule has 2 N–H and O–H groups in total. The summed E-state index contributed by atoms with van der Waals surface area (Å²) in [6.45, 7) is 6.31. The van der Waals surface area contributed by atoms with Crippen LogP contribution in [0, 0.1) is 12.8 Å². The van der Waals surface area contributed by atoms with Crippen LogP contribution in [0.3, 0.4) is 0 Å². The molecule has 0 radical (unpaired) electrons. The van der Waals surface area contributed by atoms with Gasteiger partial charge in [-0.15, -0.1) is 0 Å². The Kier molecular flexibility index (Phi) is 4.43. The maximum Gasteiger partial charge on any atom is 0.231 e.